The van der Waals surface area contributed by atoms with Crippen LogP contribution in [-0.4, -0.2) is 60.5 Å². The Balaban J connectivity index is 4.17. The van der Waals surface area contributed by atoms with Crippen LogP contribution in [0.15, 0.2) is 60.8 Å². The van der Waals surface area contributed by atoms with Gasteiger partial charge in [-0.2, -0.15) is 0 Å². The van der Waals surface area contributed by atoms with Crippen molar-refractivity contribution in [2.45, 2.75) is 206 Å². The molecule has 4 N–H and O–H groups in total. The third kappa shape index (κ3) is 43.6. The van der Waals surface area contributed by atoms with Crippen LogP contribution >= 0.6 is 7.82 Å². The molecule has 0 aromatic heterocycles. The molecule has 10 nitrogen and oxygen atoms in total. The van der Waals surface area contributed by atoms with Crippen LogP contribution < -0.4 is 5.73 Å². The zero-order valence-electron chi connectivity index (χ0n) is 37.3. The minimum absolute atomic E-state index is 0.00510. The van der Waals surface area contributed by atoms with E-state index in [0.717, 1.165) is 83.5 Å². The largest absolute Gasteiger partial charge is 0.480 e. The van der Waals surface area contributed by atoms with Crippen LogP contribution in [0, 0.1) is 0 Å². The van der Waals surface area contributed by atoms with Crippen molar-refractivity contribution >= 4 is 19.8 Å². The Bertz CT molecular complexity index is 1170. The second kappa shape index (κ2) is 43.7. The van der Waals surface area contributed by atoms with Crippen LogP contribution in [0.2, 0.25) is 0 Å². The Morgan fingerprint density at radius 1 is 0.542 bits per heavy atom. The van der Waals surface area contributed by atoms with Gasteiger partial charge in [-0.15, -0.1) is 0 Å². The van der Waals surface area contributed by atoms with E-state index >= 15 is 0 Å². The van der Waals surface area contributed by atoms with Gasteiger partial charge in [0.2, 0.25) is 0 Å². The summed E-state index contributed by atoms with van der Waals surface area (Å²) in [6.45, 7) is 3.77. The number of unbranched alkanes of at least 4 members (excludes halogenated alkanes) is 20. The number of allylic oxidation sites excluding steroid dienone is 10. The standard InChI is InChI=1S/C48H86NO9P/c1-3-5-7-9-11-13-15-17-18-19-20-21-22-23-24-25-26-27-29-31-33-35-37-39-41-55-42-45(43-56-59(53,54)57-44-46(49)48(51)52)58-47(50)40-38-36-34-32-30-28-16-14-12-10-8-6-4-2/h8,10,14-17,19-20,22-23,45-46H,3-7,9,11-13,18,21,24-44,49H2,1-2H3,(H,51,52)(H,53,54)/b10-8-,16-14-,17-15-,20-19-,23-22-. The second-order valence-electron chi connectivity index (χ2n) is 15.5. The minimum Gasteiger partial charge on any atom is -0.480 e. The summed E-state index contributed by atoms with van der Waals surface area (Å²) in [5.41, 5.74) is 5.36. The van der Waals surface area contributed by atoms with Crippen LogP contribution in [-0.2, 0) is 32.7 Å². The smallest absolute Gasteiger partial charge is 0.472 e. The lowest BCUT2D eigenvalue weighted by Crippen LogP contribution is -2.34. The van der Waals surface area contributed by atoms with Gasteiger partial charge < -0.3 is 25.2 Å². The molecule has 0 aromatic rings. The predicted molar refractivity (Wildman–Crippen MR) is 244 cm³/mol. The van der Waals surface area contributed by atoms with Gasteiger partial charge in [-0.1, -0.05) is 171 Å². The number of hydrogen-bond acceptors (Lipinski definition) is 8. The Kier molecular flexibility index (Phi) is 42.0. The van der Waals surface area contributed by atoms with Crippen LogP contribution in [0.4, 0.5) is 0 Å². The number of esters is 1. The fourth-order valence-electron chi connectivity index (χ4n) is 6.12. The molecular formula is C48H86NO9P. The quantitative estimate of drug-likeness (QED) is 0.0233. The summed E-state index contributed by atoms with van der Waals surface area (Å²) in [6.07, 6.45) is 52.8. The fraction of sp³-hybridized carbons (Fsp3) is 0.750. The molecule has 11 heteroatoms. The first-order chi connectivity index (χ1) is 28.7. The van der Waals surface area contributed by atoms with Gasteiger partial charge in [-0.3, -0.25) is 18.6 Å². The molecular weight excluding hydrogens is 766 g/mol. The van der Waals surface area contributed by atoms with E-state index in [4.69, 9.17) is 29.4 Å². The highest BCUT2D eigenvalue weighted by Gasteiger charge is 2.27. The van der Waals surface area contributed by atoms with Crippen molar-refractivity contribution in [1.82, 2.24) is 0 Å². The first kappa shape index (κ1) is 56.7. The van der Waals surface area contributed by atoms with E-state index in [-0.39, 0.29) is 13.0 Å². The molecule has 3 unspecified atom stereocenters. The Morgan fingerprint density at radius 2 is 0.966 bits per heavy atom. The topological polar surface area (TPSA) is 155 Å². The van der Waals surface area contributed by atoms with E-state index in [1.165, 1.54) is 83.5 Å². The van der Waals surface area contributed by atoms with Crippen LogP contribution in [0.3, 0.4) is 0 Å². The highest BCUT2D eigenvalue weighted by Crippen LogP contribution is 2.43. The molecule has 0 bridgehead atoms. The van der Waals surface area contributed by atoms with Crippen molar-refractivity contribution < 1.29 is 42.7 Å². The number of ether oxygens (including phenoxy) is 2. The van der Waals surface area contributed by atoms with Crippen LogP contribution in [0.1, 0.15) is 194 Å². The first-order valence-electron chi connectivity index (χ1n) is 23.3. The molecule has 59 heavy (non-hydrogen) atoms. The third-order valence-corrected chi connectivity index (χ3v) is 10.7. The summed E-state index contributed by atoms with van der Waals surface area (Å²) < 4.78 is 33.4. The number of phosphoric acid groups is 1. The van der Waals surface area contributed by atoms with Gasteiger partial charge in [0, 0.05) is 13.0 Å². The molecule has 0 saturated carbocycles. The molecule has 0 aromatic carbocycles. The number of hydrogen-bond donors (Lipinski definition) is 3. The normalized spacial score (nSPS) is 14.4. The van der Waals surface area contributed by atoms with Crippen molar-refractivity contribution in [2.75, 3.05) is 26.4 Å². The van der Waals surface area contributed by atoms with E-state index in [2.05, 4.69) is 74.6 Å². The van der Waals surface area contributed by atoms with Crippen LogP contribution in [0.5, 0.6) is 0 Å². The molecule has 0 heterocycles. The van der Waals surface area contributed by atoms with E-state index in [0.29, 0.717) is 13.0 Å². The maximum absolute atomic E-state index is 12.6. The molecule has 0 fully saturated rings. The number of carbonyl (C=O) groups is 2. The number of carbonyl (C=O) groups excluding carboxylic acids is 1. The zero-order valence-corrected chi connectivity index (χ0v) is 38.2. The molecule has 342 valence electrons. The lowest BCUT2D eigenvalue weighted by atomic mass is 10.1. The van der Waals surface area contributed by atoms with Gasteiger partial charge >= 0.3 is 19.8 Å². The average Bonchev–Trinajstić information content (AvgIpc) is 3.21. The monoisotopic (exact) mass is 852 g/mol. The summed E-state index contributed by atoms with van der Waals surface area (Å²) in [7, 11) is -4.62. The lowest BCUT2D eigenvalue weighted by molar-refractivity contribution is -0.154. The molecule has 0 rings (SSSR count). The number of aliphatic carboxylic acids is 1. The van der Waals surface area contributed by atoms with Gasteiger partial charge in [0.05, 0.1) is 19.8 Å². The molecule has 0 saturated heterocycles. The van der Waals surface area contributed by atoms with E-state index < -0.39 is 45.1 Å². The van der Waals surface area contributed by atoms with E-state index in [1.54, 1.807) is 0 Å². The molecule has 0 spiro atoms. The van der Waals surface area contributed by atoms with Crippen molar-refractivity contribution in [2.24, 2.45) is 5.73 Å². The number of phosphoric ester groups is 1. The summed E-state index contributed by atoms with van der Waals surface area (Å²) >= 11 is 0. The summed E-state index contributed by atoms with van der Waals surface area (Å²) in [6, 6.07) is -1.48. The summed E-state index contributed by atoms with van der Waals surface area (Å²) in [4.78, 5) is 33.5. The van der Waals surface area contributed by atoms with Crippen molar-refractivity contribution in [3.63, 3.8) is 0 Å². The lowest BCUT2D eigenvalue weighted by Gasteiger charge is -2.20. The predicted octanol–water partition coefficient (Wildman–Crippen LogP) is 13.2. The maximum Gasteiger partial charge on any atom is 0.472 e. The highest BCUT2D eigenvalue weighted by atomic mass is 31.2. The summed E-state index contributed by atoms with van der Waals surface area (Å²) in [5, 5.41) is 8.90. The number of rotatable bonds is 44. The van der Waals surface area contributed by atoms with Gasteiger partial charge in [0.1, 0.15) is 12.1 Å². The molecule has 0 amide bonds. The summed E-state index contributed by atoms with van der Waals surface area (Å²) in [5.74, 6) is -1.80. The fourth-order valence-corrected chi connectivity index (χ4v) is 6.90. The van der Waals surface area contributed by atoms with Gasteiger partial charge in [0.15, 0.2) is 0 Å². The number of nitrogens with two attached hydrogens (primary N) is 1. The average molecular weight is 852 g/mol. The molecule has 0 aliphatic heterocycles. The van der Waals surface area contributed by atoms with E-state index in [9.17, 15) is 19.0 Å². The number of carboxylic acids is 1. The van der Waals surface area contributed by atoms with Crippen LogP contribution in [0.25, 0.3) is 0 Å². The highest BCUT2D eigenvalue weighted by molar-refractivity contribution is 7.47. The van der Waals surface area contributed by atoms with Crippen molar-refractivity contribution in [1.29, 1.82) is 0 Å². The maximum atomic E-state index is 12.6. The molecule has 0 aliphatic carbocycles. The Morgan fingerprint density at radius 3 is 1.46 bits per heavy atom. The molecule has 3 atom stereocenters. The van der Waals surface area contributed by atoms with Gasteiger partial charge in [-0.05, 0) is 77.0 Å². The number of carboxylic acid groups (broad SMARTS) is 1. The van der Waals surface area contributed by atoms with E-state index in [1.807, 2.05) is 0 Å². The van der Waals surface area contributed by atoms with Gasteiger partial charge in [-0.25, -0.2) is 4.57 Å². The Labute approximate surface area is 360 Å². The third-order valence-electron chi connectivity index (χ3n) is 9.75. The molecule has 0 aliphatic rings. The first-order valence-corrected chi connectivity index (χ1v) is 24.8. The van der Waals surface area contributed by atoms with Crippen molar-refractivity contribution in [3.05, 3.63) is 60.8 Å². The Hall–Kier alpha value is -2.33. The van der Waals surface area contributed by atoms with Crippen molar-refractivity contribution in [3.8, 4) is 0 Å². The SMILES string of the molecule is CCC/C=C\C/C=C\CCCCCCCC(=O)OC(COCCCCCCCCCCC/C=C\C/C=C\C/C=C\CCCCCCC)COP(=O)(O)OCC(N)C(=O)O. The van der Waals surface area contributed by atoms with Gasteiger partial charge in [0.25, 0.3) is 0 Å². The minimum atomic E-state index is -4.62. The zero-order chi connectivity index (χ0) is 43.3. The second-order valence-corrected chi connectivity index (χ2v) is 17.0. The molecule has 0 radical (unpaired) electrons.